The van der Waals surface area contributed by atoms with Gasteiger partial charge in [0.1, 0.15) is 11.5 Å². The summed E-state index contributed by atoms with van der Waals surface area (Å²) in [5.74, 6) is 1.28. The zero-order chi connectivity index (χ0) is 22.7. The molecule has 2 aromatic carbocycles. The summed E-state index contributed by atoms with van der Waals surface area (Å²) in [7, 11) is 3.23. The first kappa shape index (κ1) is 22.0. The fraction of sp³-hybridized carbons (Fsp3) is 0.208. The molecule has 0 aliphatic carbocycles. The lowest BCUT2D eigenvalue weighted by atomic mass is 10.1. The highest BCUT2D eigenvalue weighted by Gasteiger charge is 2.17. The van der Waals surface area contributed by atoms with E-state index >= 15 is 0 Å². The minimum Gasteiger partial charge on any atom is -0.497 e. The molecule has 0 bridgehead atoms. The van der Waals surface area contributed by atoms with E-state index in [1.807, 2.05) is 49.6 Å². The van der Waals surface area contributed by atoms with Crippen molar-refractivity contribution >= 4 is 33.7 Å². The van der Waals surface area contributed by atoms with Crippen molar-refractivity contribution in [2.24, 2.45) is 0 Å². The van der Waals surface area contributed by atoms with Crippen LogP contribution in [-0.2, 0) is 11.2 Å². The lowest BCUT2D eigenvalue weighted by molar-refractivity contribution is -0.115. The number of anilines is 1. The van der Waals surface area contributed by atoms with Gasteiger partial charge in [0.2, 0.25) is 5.91 Å². The Hall–Kier alpha value is -3.23. The number of nitrogens with one attached hydrogen (secondary N) is 1. The Morgan fingerprint density at radius 2 is 1.81 bits per heavy atom. The number of benzene rings is 2. The highest BCUT2D eigenvalue weighted by molar-refractivity contribution is 7.14. The van der Waals surface area contributed by atoms with Gasteiger partial charge in [-0.3, -0.25) is 4.79 Å². The van der Waals surface area contributed by atoms with Gasteiger partial charge in [0.05, 0.1) is 37.0 Å². The van der Waals surface area contributed by atoms with E-state index in [2.05, 4.69) is 27.4 Å². The molecular weight excluding hydrogens is 442 g/mol. The third-order valence-corrected chi connectivity index (χ3v) is 6.61. The Morgan fingerprint density at radius 1 is 1.03 bits per heavy atom. The summed E-state index contributed by atoms with van der Waals surface area (Å²) in [6.45, 7) is 4.01. The number of nitrogens with zero attached hydrogens (tertiary/aromatic N) is 2. The van der Waals surface area contributed by atoms with E-state index in [0.29, 0.717) is 16.6 Å². The first-order valence-electron chi connectivity index (χ1n) is 9.98. The minimum absolute atomic E-state index is 0.125. The molecule has 0 aliphatic rings. The Kier molecular flexibility index (Phi) is 6.53. The van der Waals surface area contributed by atoms with Gasteiger partial charge in [-0.25, -0.2) is 9.97 Å². The number of carbonyl (C=O) groups excluding carboxylic acids is 1. The topological polar surface area (TPSA) is 73.3 Å². The van der Waals surface area contributed by atoms with Gasteiger partial charge in [0.15, 0.2) is 5.13 Å². The third kappa shape index (κ3) is 4.81. The molecule has 6 nitrogen and oxygen atoms in total. The van der Waals surface area contributed by atoms with Crippen LogP contribution in [0.2, 0.25) is 0 Å². The van der Waals surface area contributed by atoms with Gasteiger partial charge in [0, 0.05) is 21.4 Å². The summed E-state index contributed by atoms with van der Waals surface area (Å²) in [5.41, 5.74) is 4.60. The highest BCUT2D eigenvalue weighted by atomic mass is 32.1. The number of rotatable bonds is 7. The van der Waals surface area contributed by atoms with Crippen molar-refractivity contribution in [3.8, 4) is 34.0 Å². The Labute approximate surface area is 194 Å². The van der Waals surface area contributed by atoms with Crippen molar-refractivity contribution in [3.05, 3.63) is 63.3 Å². The Balaban J connectivity index is 1.51. The molecule has 8 heteroatoms. The van der Waals surface area contributed by atoms with E-state index in [9.17, 15) is 4.79 Å². The molecule has 4 aromatic rings. The molecule has 0 unspecified atom stereocenters. The van der Waals surface area contributed by atoms with Gasteiger partial charge in [-0.05, 0) is 32.0 Å². The number of hydrogen-bond donors (Lipinski definition) is 1. The van der Waals surface area contributed by atoms with Crippen LogP contribution >= 0.6 is 22.7 Å². The van der Waals surface area contributed by atoms with Crippen LogP contribution in [0.5, 0.6) is 11.5 Å². The molecule has 0 saturated heterocycles. The summed E-state index contributed by atoms with van der Waals surface area (Å²) in [6, 6.07) is 13.7. The van der Waals surface area contributed by atoms with Gasteiger partial charge < -0.3 is 14.8 Å². The molecule has 0 aliphatic heterocycles. The fourth-order valence-electron chi connectivity index (χ4n) is 3.30. The lowest BCUT2D eigenvalue weighted by Crippen LogP contribution is -2.14. The summed E-state index contributed by atoms with van der Waals surface area (Å²) < 4.78 is 10.8. The summed E-state index contributed by atoms with van der Waals surface area (Å²) in [6.07, 6.45) is 0.242. The Morgan fingerprint density at radius 3 is 2.53 bits per heavy atom. The summed E-state index contributed by atoms with van der Waals surface area (Å²) >= 11 is 2.92. The van der Waals surface area contributed by atoms with E-state index in [-0.39, 0.29) is 12.3 Å². The highest BCUT2D eigenvalue weighted by Crippen LogP contribution is 2.35. The van der Waals surface area contributed by atoms with Crippen LogP contribution in [-0.4, -0.2) is 30.1 Å². The number of aromatic nitrogens is 2. The average molecular weight is 466 g/mol. The van der Waals surface area contributed by atoms with Crippen molar-refractivity contribution in [2.45, 2.75) is 20.3 Å². The van der Waals surface area contributed by atoms with Crippen LogP contribution in [0, 0.1) is 13.8 Å². The molecule has 2 aromatic heterocycles. The predicted octanol–water partition coefficient (Wildman–Crippen LogP) is 5.75. The smallest absolute Gasteiger partial charge is 0.231 e. The zero-order valence-electron chi connectivity index (χ0n) is 18.3. The predicted molar refractivity (Wildman–Crippen MR) is 130 cm³/mol. The summed E-state index contributed by atoms with van der Waals surface area (Å²) in [4.78, 5) is 23.0. The average Bonchev–Trinajstić information content (AvgIpc) is 3.40. The molecule has 0 atom stereocenters. The number of methoxy groups -OCH3 is 2. The van der Waals surface area contributed by atoms with Gasteiger partial charge >= 0.3 is 0 Å². The van der Waals surface area contributed by atoms with E-state index < -0.39 is 0 Å². The van der Waals surface area contributed by atoms with E-state index in [4.69, 9.17) is 9.47 Å². The first-order chi connectivity index (χ1) is 15.5. The standard InChI is InChI=1S/C24H23N3O3S2/c1-14-5-7-16(8-6-14)23-21(32-15(2)25-23)12-22(28)27-24-26-19(13-31-24)18-11-17(29-3)9-10-20(18)30-4/h5-11,13H,12H2,1-4H3,(H,26,27,28). The monoisotopic (exact) mass is 465 g/mol. The van der Waals surface area contributed by atoms with Crippen molar-refractivity contribution in [1.82, 2.24) is 9.97 Å². The largest absolute Gasteiger partial charge is 0.497 e. The molecule has 1 amide bonds. The second kappa shape index (κ2) is 9.50. The molecule has 0 radical (unpaired) electrons. The van der Waals surface area contributed by atoms with Crippen LogP contribution in [0.15, 0.2) is 47.8 Å². The van der Waals surface area contributed by atoms with E-state index in [1.54, 1.807) is 25.6 Å². The lowest BCUT2D eigenvalue weighted by Gasteiger charge is -2.08. The minimum atomic E-state index is -0.125. The molecule has 2 heterocycles. The van der Waals surface area contributed by atoms with E-state index in [1.165, 1.54) is 16.9 Å². The van der Waals surface area contributed by atoms with Gasteiger partial charge in [-0.1, -0.05) is 29.8 Å². The van der Waals surface area contributed by atoms with Crippen molar-refractivity contribution < 1.29 is 14.3 Å². The second-order valence-corrected chi connectivity index (χ2v) is 9.35. The molecule has 4 rings (SSSR count). The maximum absolute atomic E-state index is 12.8. The fourth-order valence-corrected chi connectivity index (χ4v) is 4.99. The zero-order valence-corrected chi connectivity index (χ0v) is 19.9. The van der Waals surface area contributed by atoms with Gasteiger partial charge in [-0.15, -0.1) is 22.7 Å². The van der Waals surface area contributed by atoms with Gasteiger partial charge in [-0.2, -0.15) is 0 Å². The van der Waals surface area contributed by atoms with Crippen LogP contribution in [0.3, 0.4) is 0 Å². The number of carbonyl (C=O) groups is 1. The maximum atomic E-state index is 12.8. The molecule has 32 heavy (non-hydrogen) atoms. The molecule has 164 valence electrons. The summed E-state index contributed by atoms with van der Waals surface area (Å²) in [5, 5.41) is 6.28. The van der Waals surface area contributed by atoms with Crippen LogP contribution in [0.1, 0.15) is 15.4 Å². The van der Waals surface area contributed by atoms with Crippen molar-refractivity contribution in [1.29, 1.82) is 0 Å². The molecule has 0 saturated carbocycles. The van der Waals surface area contributed by atoms with Crippen LogP contribution in [0.25, 0.3) is 22.5 Å². The SMILES string of the molecule is COc1ccc(OC)c(-c2csc(NC(=O)Cc3sc(C)nc3-c3ccc(C)cc3)n2)c1. The molecule has 0 spiro atoms. The molecular formula is C24H23N3O3S2. The number of amides is 1. The second-order valence-electron chi connectivity index (χ2n) is 7.20. The van der Waals surface area contributed by atoms with Gasteiger partial charge in [0.25, 0.3) is 0 Å². The molecule has 1 N–H and O–H groups in total. The Bertz CT molecular complexity index is 1250. The number of aryl methyl sites for hydroxylation is 2. The third-order valence-electron chi connectivity index (χ3n) is 4.88. The quantitative estimate of drug-likeness (QED) is 0.376. The van der Waals surface area contributed by atoms with Crippen molar-refractivity contribution in [3.63, 3.8) is 0 Å². The molecule has 0 fully saturated rings. The van der Waals surface area contributed by atoms with Crippen LogP contribution < -0.4 is 14.8 Å². The number of ether oxygens (including phenoxy) is 2. The van der Waals surface area contributed by atoms with Crippen LogP contribution in [0.4, 0.5) is 5.13 Å². The normalized spacial score (nSPS) is 10.8. The van der Waals surface area contributed by atoms with E-state index in [0.717, 1.165) is 32.4 Å². The number of thiazole rings is 2. The number of hydrogen-bond acceptors (Lipinski definition) is 7. The first-order valence-corrected chi connectivity index (χ1v) is 11.7. The maximum Gasteiger partial charge on any atom is 0.231 e. The van der Waals surface area contributed by atoms with Crippen molar-refractivity contribution in [2.75, 3.05) is 19.5 Å².